The van der Waals surface area contributed by atoms with Crippen LogP contribution in [0.3, 0.4) is 0 Å². The number of hydrogen-bond acceptors (Lipinski definition) is 5. The van der Waals surface area contributed by atoms with Crippen LogP contribution < -0.4 is 39.4 Å². The van der Waals surface area contributed by atoms with Gasteiger partial charge in [0.05, 0.1) is 5.69 Å². The van der Waals surface area contributed by atoms with Gasteiger partial charge >= 0.3 is 29.6 Å². The number of benzene rings is 2. The van der Waals surface area contributed by atoms with Gasteiger partial charge in [-0.3, -0.25) is 0 Å². The van der Waals surface area contributed by atoms with Crippen molar-refractivity contribution in [1.82, 2.24) is 4.98 Å². The van der Waals surface area contributed by atoms with Crippen molar-refractivity contribution in [2.45, 2.75) is 13.0 Å². The number of aromatic carboxylic acids is 1. The van der Waals surface area contributed by atoms with E-state index in [9.17, 15) is 23.1 Å². The van der Waals surface area contributed by atoms with Gasteiger partial charge in [-0.15, -0.1) is 11.3 Å². The summed E-state index contributed by atoms with van der Waals surface area (Å²) in [4.78, 5) is 14.8. The predicted molar refractivity (Wildman–Crippen MR) is 91.4 cm³/mol. The molecule has 140 valence electrons. The van der Waals surface area contributed by atoms with Crippen LogP contribution in [0.15, 0.2) is 35.7 Å². The second kappa shape index (κ2) is 9.76. The van der Waals surface area contributed by atoms with Gasteiger partial charge in [0.1, 0.15) is 29.2 Å². The van der Waals surface area contributed by atoms with E-state index in [1.54, 1.807) is 23.6 Å². The Labute approximate surface area is 189 Å². The SMILES string of the molecule is O=C([O-])c1nc(Cc2cc(Cl)ccc2OCc2cc(F)c(F)cc2F)cs1.[Na+]. The third-order valence-electron chi connectivity index (χ3n) is 3.59. The van der Waals surface area contributed by atoms with Gasteiger partial charge in [0.25, 0.3) is 0 Å². The quantitative estimate of drug-likeness (QED) is 0.423. The predicted octanol–water partition coefficient (Wildman–Crippen LogP) is 0.751. The zero-order valence-corrected chi connectivity index (χ0v) is 18.0. The summed E-state index contributed by atoms with van der Waals surface area (Å²) in [6, 6.07) is 5.87. The summed E-state index contributed by atoms with van der Waals surface area (Å²) in [7, 11) is 0. The van der Waals surface area contributed by atoms with Gasteiger partial charge in [0, 0.05) is 34.0 Å². The first-order valence-corrected chi connectivity index (χ1v) is 8.79. The molecule has 3 rings (SSSR count). The van der Waals surface area contributed by atoms with E-state index in [0.29, 0.717) is 28.1 Å². The second-order valence-corrected chi connectivity index (χ2v) is 6.80. The van der Waals surface area contributed by atoms with Crippen LogP contribution in [-0.2, 0) is 13.0 Å². The van der Waals surface area contributed by atoms with Gasteiger partial charge in [-0.05, 0) is 24.3 Å². The molecule has 0 fully saturated rings. The maximum atomic E-state index is 13.7. The molecule has 0 unspecified atom stereocenters. The Morgan fingerprint density at radius 1 is 1.11 bits per heavy atom. The van der Waals surface area contributed by atoms with Crippen molar-refractivity contribution in [3.63, 3.8) is 0 Å². The van der Waals surface area contributed by atoms with Crippen LogP contribution in [-0.4, -0.2) is 11.0 Å². The number of carbonyl (C=O) groups excluding carboxylic acids is 1. The molecule has 1 heterocycles. The van der Waals surface area contributed by atoms with E-state index in [2.05, 4.69) is 4.98 Å². The van der Waals surface area contributed by atoms with Crippen LogP contribution in [0.1, 0.15) is 26.6 Å². The number of thiazole rings is 1. The normalized spacial score (nSPS) is 10.4. The number of hydrogen-bond donors (Lipinski definition) is 0. The summed E-state index contributed by atoms with van der Waals surface area (Å²) in [5.41, 5.74) is 0.883. The summed E-state index contributed by atoms with van der Waals surface area (Å²) in [6.07, 6.45) is 0.208. The molecule has 0 radical (unpaired) electrons. The van der Waals surface area contributed by atoms with Crippen molar-refractivity contribution in [1.29, 1.82) is 0 Å². The molecule has 1 aromatic heterocycles. The molecule has 3 aromatic rings. The molecule has 0 aliphatic rings. The maximum absolute atomic E-state index is 13.7. The van der Waals surface area contributed by atoms with Gasteiger partial charge in [-0.1, -0.05) is 11.6 Å². The van der Waals surface area contributed by atoms with Crippen LogP contribution in [0.2, 0.25) is 5.02 Å². The van der Waals surface area contributed by atoms with E-state index in [0.717, 1.165) is 17.4 Å². The van der Waals surface area contributed by atoms with E-state index in [1.165, 1.54) is 0 Å². The molecule has 0 saturated carbocycles. The third kappa shape index (κ3) is 5.48. The number of carboxylic acids is 1. The Morgan fingerprint density at radius 2 is 1.82 bits per heavy atom. The minimum absolute atomic E-state index is 0. The van der Waals surface area contributed by atoms with Crippen LogP contribution >= 0.6 is 22.9 Å². The average Bonchev–Trinajstić information content (AvgIpc) is 3.07. The molecular weight excluding hydrogens is 426 g/mol. The molecule has 0 aliphatic heterocycles. The van der Waals surface area contributed by atoms with Gasteiger partial charge in [0.2, 0.25) is 0 Å². The Morgan fingerprint density at radius 3 is 2.50 bits per heavy atom. The Hall–Kier alpha value is -1.58. The van der Waals surface area contributed by atoms with E-state index < -0.39 is 23.4 Å². The number of nitrogens with zero attached hydrogens (tertiary/aromatic N) is 1. The first-order chi connectivity index (χ1) is 12.8. The molecule has 0 spiro atoms. The van der Waals surface area contributed by atoms with Gasteiger partial charge < -0.3 is 14.6 Å². The van der Waals surface area contributed by atoms with Crippen molar-refractivity contribution in [2.24, 2.45) is 0 Å². The van der Waals surface area contributed by atoms with Crippen LogP contribution in [0, 0.1) is 17.5 Å². The van der Waals surface area contributed by atoms with Crippen LogP contribution in [0.4, 0.5) is 13.2 Å². The summed E-state index contributed by atoms with van der Waals surface area (Å²) < 4.78 is 45.6. The van der Waals surface area contributed by atoms with Crippen molar-refractivity contribution in [3.05, 3.63) is 80.0 Å². The molecule has 0 N–H and O–H groups in total. The summed E-state index contributed by atoms with van der Waals surface area (Å²) in [6.45, 7) is -0.334. The zero-order valence-electron chi connectivity index (χ0n) is 14.5. The van der Waals surface area contributed by atoms with E-state index in [4.69, 9.17) is 16.3 Å². The monoisotopic (exact) mass is 435 g/mol. The first-order valence-electron chi connectivity index (χ1n) is 7.54. The fourth-order valence-corrected chi connectivity index (χ4v) is 3.18. The number of halogens is 4. The Kier molecular flexibility index (Phi) is 7.91. The van der Waals surface area contributed by atoms with Crippen molar-refractivity contribution in [3.8, 4) is 5.75 Å². The van der Waals surface area contributed by atoms with Crippen LogP contribution in [0.25, 0.3) is 0 Å². The molecular formula is C18H10ClF3NNaO3S. The minimum atomic E-state index is -1.37. The number of carboxylic acid groups (broad SMARTS) is 1. The topological polar surface area (TPSA) is 62.2 Å². The molecule has 10 heteroatoms. The van der Waals surface area contributed by atoms with E-state index >= 15 is 0 Å². The zero-order chi connectivity index (χ0) is 19.6. The summed E-state index contributed by atoms with van der Waals surface area (Å²) in [5, 5.41) is 12.6. The number of carbonyl (C=O) groups is 1. The fourth-order valence-electron chi connectivity index (χ4n) is 2.33. The molecule has 0 aliphatic carbocycles. The van der Waals surface area contributed by atoms with Gasteiger partial charge in [-0.25, -0.2) is 18.2 Å². The van der Waals surface area contributed by atoms with Crippen LogP contribution in [0.5, 0.6) is 5.75 Å². The van der Waals surface area contributed by atoms with Crippen molar-refractivity contribution >= 4 is 28.9 Å². The first kappa shape index (κ1) is 22.7. The average molecular weight is 436 g/mol. The fraction of sp³-hybridized carbons (Fsp3) is 0.111. The largest absolute Gasteiger partial charge is 1.00 e. The van der Waals surface area contributed by atoms with E-state index in [1.807, 2.05) is 0 Å². The van der Waals surface area contributed by atoms with Gasteiger partial charge in [-0.2, -0.15) is 0 Å². The maximum Gasteiger partial charge on any atom is 1.00 e. The molecule has 0 amide bonds. The molecule has 0 bridgehead atoms. The Bertz CT molecular complexity index is 1020. The van der Waals surface area contributed by atoms with Crippen molar-refractivity contribution in [2.75, 3.05) is 0 Å². The minimum Gasteiger partial charge on any atom is -0.542 e. The van der Waals surface area contributed by atoms with Crippen molar-refractivity contribution < 1.29 is 57.4 Å². The molecule has 0 atom stereocenters. The number of aromatic nitrogens is 1. The molecule has 4 nitrogen and oxygen atoms in total. The summed E-state index contributed by atoms with van der Waals surface area (Å²) in [5.74, 6) is -4.43. The Balaban J connectivity index is 0.00000280. The number of ether oxygens (including phenoxy) is 1. The molecule has 0 saturated heterocycles. The summed E-state index contributed by atoms with van der Waals surface area (Å²) >= 11 is 6.92. The molecule has 28 heavy (non-hydrogen) atoms. The second-order valence-electron chi connectivity index (χ2n) is 5.51. The standard InChI is InChI=1S/C18H11ClF3NO3S.Na/c19-11-1-2-16(26-7-10-5-14(21)15(22)6-13(10)20)9(3-11)4-12-8-27-17(23-12)18(24)25;/h1-3,5-6,8H,4,7H2,(H,24,25);/q;+1/p-1. The smallest absolute Gasteiger partial charge is 0.542 e. The van der Waals surface area contributed by atoms with Gasteiger partial charge in [0.15, 0.2) is 11.6 Å². The third-order valence-corrected chi connectivity index (χ3v) is 4.70. The number of rotatable bonds is 6. The van der Waals surface area contributed by atoms with E-state index in [-0.39, 0.29) is 53.2 Å². The molecule has 2 aromatic carbocycles.